The zero-order chi connectivity index (χ0) is 16.0. The average molecular weight is 356 g/mol. The summed E-state index contributed by atoms with van der Waals surface area (Å²) in [5, 5.41) is 0.722. The summed E-state index contributed by atoms with van der Waals surface area (Å²) in [6.45, 7) is 2.34. The standard InChI is InChI=1S/C16H18ClNO2S2/c1-13-2-8-16(9-3-13)22(19,20)18-10-11-21-12-14-4-6-15(17)7-5-14/h2-9,18H,10-12H2,1H3. The molecule has 0 aromatic heterocycles. The van der Waals surface area contributed by atoms with Gasteiger partial charge >= 0.3 is 0 Å². The number of rotatable bonds is 7. The van der Waals surface area contributed by atoms with E-state index in [9.17, 15) is 8.42 Å². The van der Waals surface area contributed by atoms with Gasteiger partial charge in [0.2, 0.25) is 10.0 Å². The van der Waals surface area contributed by atoms with E-state index in [2.05, 4.69) is 4.72 Å². The Morgan fingerprint density at radius 2 is 1.68 bits per heavy atom. The molecule has 0 aliphatic carbocycles. The Hall–Kier alpha value is -1.01. The van der Waals surface area contributed by atoms with Crippen LogP contribution in [0.2, 0.25) is 5.02 Å². The van der Waals surface area contributed by atoms with Crippen LogP contribution in [0.15, 0.2) is 53.4 Å². The van der Waals surface area contributed by atoms with Gasteiger partial charge in [0.1, 0.15) is 0 Å². The summed E-state index contributed by atoms with van der Waals surface area (Å²) in [6, 6.07) is 14.5. The van der Waals surface area contributed by atoms with Gasteiger partial charge in [-0.3, -0.25) is 0 Å². The Morgan fingerprint density at radius 3 is 2.32 bits per heavy atom. The van der Waals surface area contributed by atoms with Gasteiger partial charge in [-0.15, -0.1) is 0 Å². The number of halogens is 1. The lowest BCUT2D eigenvalue weighted by Crippen LogP contribution is -2.26. The van der Waals surface area contributed by atoms with E-state index in [0.717, 1.165) is 16.3 Å². The van der Waals surface area contributed by atoms with Crippen LogP contribution < -0.4 is 4.72 Å². The predicted molar refractivity (Wildman–Crippen MR) is 94.0 cm³/mol. The first-order valence-corrected chi connectivity index (χ1v) is 9.87. The zero-order valence-electron chi connectivity index (χ0n) is 12.3. The Balaban J connectivity index is 1.76. The van der Waals surface area contributed by atoms with E-state index < -0.39 is 10.0 Å². The van der Waals surface area contributed by atoms with Gasteiger partial charge in [0.05, 0.1) is 4.90 Å². The molecule has 2 rings (SSSR count). The van der Waals surface area contributed by atoms with Gasteiger partial charge in [-0.2, -0.15) is 11.8 Å². The third kappa shape index (κ3) is 5.32. The van der Waals surface area contributed by atoms with Gasteiger partial charge in [0.15, 0.2) is 0 Å². The number of hydrogen-bond donors (Lipinski definition) is 1. The molecule has 2 aromatic carbocycles. The summed E-state index contributed by atoms with van der Waals surface area (Å²) in [7, 11) is -3.41. The lowest BCUT2D eigenvalue weighted by Gasteiger charge is -2.07. The van der Waals surface area contributed by atoms with E-state index in [1.807, 2.05) is 31.2 Å². The maximum absolute atomic E-state index is 12.1. The van der Waals surface area contributed by atoms with Crippen molar-refractivity contribution in [2.75, 3.05) is 12.3 Å². The van der Waals surface area contributed by atoms with Crippen molar-refractivity contribution in [1.29, 1.82) is 0 Å². The van der Waals surface area contributed by atoms with Crippen LogP contribution in [0.4, 0.5) is 0 Å². The van der Waals surface area contributed by atoms with Gasteiger partial charge in [0.25, 0.3) is 0 Å². The smallest absolute Gasteiger partial charge is 0.210 e. The van der Waals surface area contributed by atoms with Gasteiger partial charge < -0.3 is 0 Å². The largest absolute Gasteiger partial charge is 0.240 e. The van der Waals surface area contributed by atoms with E-state index in [-0.39, 0.29) is 0 Å². The molecule has 0 amide bonds. The second-order valence-corrected chi connectivity index (χ2v) is 8.20. The van der Waals surface area contributed by atoms with Crippen molar-refractivity contribution in [3.8, 4) is 0 Å². The molecular weight excluding hydrogens is 338 g/mol. The summed E-state index contributed by atoms with van der Waals surface area (Å²) >= 11 is 7.51. The van der Waals surface area contributed by atoms with Crippen LogP contribution in [-0.4, -0.2) is 20.7 Å². The summed E-state index contributed by atoms with van der Waals surface area (Å²) in [5.74, 6) is 1.55. The zero-order valence-corrected chi connectivity index (χ0v) is 14.6. The monoisotopic (exact) mass is 355 g/mol. The van der Waals surface area contributed by atoms with E-state index >= 15 is 0 Å². The van der Waals surface area contributed by atoms with Crippen LogP contribution in [0.25, 0.3) is 0 Å². The van der Waals surface area contributed by atoms with E-state index in [4.69, 9.17) is 11.6 Å². The molecule has 6 heteroatoms. The van der Waals surface area contributed by atoms with Crippen LogP contribution in [0.3, 0.4) is 0 Å². The number of nitrogens with one attached hydrogen (secondary N) is 1. The van der Waals surface area contributed by atoms with Crippen LogP contribution >= 0.6 is 23.4 Å². The number of thioether (sulfide) groups is 1. The maximum atomic E-state index is 12.1. The van der Waals surface area contributed by atoms with Gasteiger partial charge in [0, 0.05) is 23.1 Å². The molecule has 0 aliphatic heterocycles. The minimum atomic E-state index is -3.41. The summed E-state index contributed by atoms with van der Waals surface area (Å²) in [5.41, 5.74) is 2.22. The second kappa shape index (κ2) is 8.02. The Morgan fingerprint density at radius 1 is 1.05 bits per heavy atom. The quantitative estimate of drug-likeness (QED) is 0.767. The third-order valence-electron chi connectivity index (χ3n) is 3.05. The van der Waals surface area contributed by atoms with Crippen molar-refractivity contribution >= 4 is 33.4 Å². The molecule has 0 atom stereocenters. The Bertz CT molecular complexity index is 698. The Kier molecular flexibility index (Phi) is 6.32. The molecule has 0 unspecified atom stereocenters. The van der Waals surface area contributed by atoms with Gasteiger partial charge in [-0.1, -0.05) is 41.4 Å². The van der Waals surface area contributed by atoms with Gasteiger partial charge in [-0.25, -0.2) is 13.1 Å². The summed E-state index contributed by atoms with van der Waals surface area (Å²) in [6.07, 6.45) is 0. The number of aryl methyl sites for hydroxylation is 1. The normalized spacial score (nSPS) is 11.5. The minimum Gasteiger partial charge on any atom is -0.210 e. The maximum Gasteiger partial charge on any atom is 0.240 e. The topological polar surface area (TPSA) is 46.2 Å². The van der Waals surface area contributed by atoms with Crippen LogP contribution in [0.1, 0.15) is 11.1 Å². The first kappa shape index (κ1) is 17.3. The molecule has 0 fully saturated rings. The van der Waals surface area contributed by atoms with Gasteiger partial charge in [-0.05, 0) is 36.8 Å². The number of benzene rings is 2. The lowest BCUT2D eigenvalue weighted by molar-refractivity contribution is 0.584. The molecule has 0 spiro atoms. The lowest BCUT2D eigenvalue weighted by atomic mass is 10.2. The van der Waals surface area contributed by atoms with Crippen LogP contribution in [0, 0.1) is 6.92 Å². The molecule has 3 nitrogen and oxygen atoms in total. The molecule has 2 aromatic rings. The first-order chi connectivity index (χ1) is 10.5. The molecule has 0 saturated carbocycles. The average Bonchev–Trinajstić information content (AvgIpc) is 2.49. The van der Waals surface area contributed by atoms with E-state index in [0.29, 0.717) is 17.2 Å². The van der Waals surface area contributed by atoms with Crippen LogP contribution in [0.5, 0.6) is 0 Å². The molecule has 22 heavy (non-hydrogen) atoms. The van der Waals surface area contributed by atoms with Crippen molar-refractivity contribution in [1.82, 2.24) is 4.72 Å². The summed E-state index contributed by atoms with van der Waals surface area (Å²) < 4.78 is 26.8. The molecule has 0 bridgehead atoms. The highest BCUT2D eigenvalue weighted by Gasteiger charge is 2.12. The SMILES string of the molecule is Cc1ccc(S(=O)(=O)NCCSCc2ccc(Cl)cc2)cc1. The summed E-state index contributed by atoms with van der Waals surface area (Å²) in [4.78, 5) is 0.306. The highest BCUT2D eigenvalue weighted by molar-refractivity contribution is 7.98. The third-order valence-corrected chi connectivity index (χ3v) is 5.81. The number of sulfonamides is 1. The minimum absolute atomic E-state index is 0.306. The number of hydrogen-bond acceptors (Lipinski definition) is 3. The van der Waals surface area contributed by atoms with Crippen molar-refractivity contribution in [3.63, 3.8) is 0 Å². The highest BCUT2D eigenvalue weighted by Crippen LogP contribution is 2.15. The molecule has 0 saturated heterocycles. The fourth-order valence-corrected chi connectivity index (χ4v) is 3.93. The second-order valence-electron chi connectivity index (χ2n) is 4.89. The first-order valence-electron chi connectivity index (χ1n) is 6.86. The molecular formula is C16H18ClNO2S2. The molecule has 1 N–H and O–H groups in total. The predicted octanol–water partition coefficient (Wildman–Crippen LogP) is 3.86. The van der Waals surface area contributed by atoms with Crippen LogP contribution in [-0.2, 0) is 15.8 Å². The molecule has 0 radical (unpaired) electrons. The van der Waals surface area contributed by atoms with E-state index in [1.54, 1.807) is 36.0 Å². The van der Waals surface area contributed by atoms with Crippen molar-refractivity contribution in [2.24, 2.45) is 0 Å². The molecule has 118 valence electrons. The fourth-order valence-electron chi connectivity index (χ4n) is 1.82. The Labute approximate surface area is 141 Å². The molecule has 0 aliphatic rings. The van der Waals surface area contributed by atoms with Crippen molar-refractivity contribution < 1.29 is 8.42 Å². The fraction of sp³-hybridized carbons (Fsp3) is 0.250. The van der Waals surface area contributed by atoms with Crippen molar-refractivity contribution in [3.05, 3.63) is 64.7 Å². The van der Waals surface area contributed by atoms with E-state index in [1.165, 1.54) is 5.56 Å². The highest BCUT2D eigenvalue weighted by atomic mass is 35.5. The molecule has 0 heterocycles. The van der Waals surface area contributed by atoms with Crippen molar-refractivity contribution in [2.45, 2.75) is 17.6 Å².